The summed E-state index contributed by atoms with van der Waals surface area (Å²) in [4.78, 5) is 2.27. The quantitative estimate of drug-likeness (QED) is 0.801. The summed E-state index contributed by atoms with van der Waals surface area (Å²) in [5.74, 6) is 2.68. The second-order valence-electron chi connectivity index (χ2n) is 7.58. The van der Waals surface area contributed by atoms with E-state index in [0.717, 1.165) is 22.4 Å². The number of hydrogen-bond acceptors (Lipinski definition) is 3. The zero-order chi connectivity index (χ0) is 19.2. The molecule has 3 unspecified atom stereocenters. The summed E-state index contributed by atoms with van der Waals surface area (Å²) in [6, 6.07) is 20.4. The maximum absolute atomic E-state index is 11.9. The molecule has 0 bridgehead atoms. The molecule has 2 heterocycles. The first-order valence-electron chi connectivity index (χ1n) is 9.17. The molecule has 0 fully saturated rings. The van der Waals surface area contributed by atoms with Crippen molar-refractivity contribution in [2.24, 2.45) is 5.41 Å². The van der Waals surface area contributed by atoms with Crippen molar-refractivity contribution < 1.29 is 5.11 Å². The summed E-state index contributed by atoms with van der Waals surface area (Å²) < 4.78 is 0. The van der Waals surface area contributed by atoms with Gasteiger partial charge in [0.25, 0.3) is 0 Å². The number of aliphatic hydroxyl groups is 1. The summed E-state index contributed by atoms with van der Waals surface area (Å²) >= 11 is 0. The van der Waals surface area contributed by atoms with Gasteiger partial charge < -0.3 is 15.3 Å². The van der Waals surface area contributed by atoms with Crippen LogP contribution in [-0.4, -0.2) is 22.8 Å². The fourth-order valence-corrected chi connectivity index (χ4v) is 4.81. The number of allylic oxidation sites excluding steroid dienone is 1. The Labute approximate surface area is 161 Å². The lowest BCUT2D eigenvalue weighted by atomic mass is 9.65. The largest absolute Gasteiger partial charge is 0.366 e. The van der Waals surface area contributed by atoms with Gasteiger partial charge in [-0.15, -0.1) is 6.42 Å². The van der Waals surface area contributed by atoms with Gasteiger partial charge in [0.2, 0.25) is 0 Å². The molecule has 2 aliphatic rings. The molecule has 0 saturated heterocycles. The van der Waals surface area contributed by atoms with Crippen LogP contribution in [0.4, 0.5) is 0 Å². The fraction of sp³-hybridized carbons (Fsp3) is 0.250. The third-order valence-electron chi connectivity index (χ3n) is 6.06. The Hall–Kier alpha value is -2.96. The van der Waals surface area contributed by atoms with Gasteiger partial charge in [-0.1, -0.05) is 66.6 Å². The van der Waals surface area contributed by atoms with Crippen molar-refractivity contribution in [3.8, 4) is 12.3 Å². The molecular formula is C24H24N2O. The van der Waals surface area contributed by atoms with Gasteiger partial charge in [-0.3, -0.25) is 0 Å². The first kappa shape index (κ1) is 17.5. The second kappa shape index (κ2) is 6.04. The standard InChI is InChI=1S/C24H24N2O/c1-5-20-16-23(3)22(19-14-10-7-11-15-19)26(4)21(17(2)24(23,27)25-20)18-12-8-6-9-13-18/h1,6-16,22,25,27H,2-4H3. The number of rotatable bonds is 2. The molecular weight excluding hydrogens is 332 g/mol. The number of nitrogens with zero attached hydrogens (tertiary/aromatic N) is 1. The van der Waals surface area contributed by atoms with Gasteiger partial charge in [-0.2, -0.15) is 0 Å². The third kappa shape index (κ3) is 2.34. The van der Waals surface area contributed by atoms with Gasteiger partial charge in [0.15, 0.2) is 5.72 Å². The van der Waals surface area contributed by atoms with E-state index in [1.165, 1.54) is 0 Å². The third-order valence-corrected chi connectivity index (χ3v) is 6.06. The minimum atomic E-state index is -1.26. The minimum Gasteiger partial charge on any atom is -0.366 e. The summed E-state index contributed by atoms with van der Waals surface area (Å²) in [6.07, 6.45) is 7.70. The van der Waals surface area contributed by atoms with Crippen LogP contribution < -0.4 is 5.32 Å². The average molecular weight is 356 g/mol. The molecule has 3 atom stereocenters. The van der Waals surface area contributed by atoms with Crippen molar-refractivity contribution in [2.75, 3.05) is 7.05 Å². The van der Waals surface area contributed by atoms with E-state index in [2.05, 4.69) is 54.4 Å². The van der Waals surface area contributed by atoms with E-state index in [4.69, 9.17) is 6.42 Å². The van der Waals surface area contributed by atoms with E-state index < -0.39 is 11.1 Å². The predicted octanol–water partition coefficient (Wildman–Crippen LogP) is 3.92. The summed E-state index contributed by atoms with van der Waals surface area (Å²) in [7, 11) is 2.09. The molecule has 4 rings (SSSR count). The van der Waals surface area contributed by atoms with E-state index in [1.807, 2.05) is 49.4 Å². The number of benzene rings is 2. The van der Waals surface area contributed by atoms with Crippen molar-refractivity contribution in [2.45, 2.75) is 25.6 Å². The highest BCUT2D eigenvalue weighted by atomic mass is 16.3. The molecule has 3 nitrogen and oxygen atoms in total. The SMILES string of the molecule is C#CC1=CC2(C)C(c3ccccc3)N(C)C(c3ccccc3)=C(C)C2(O)N1. The van der Waals surface area contributed by atoms with Gasteiger partial charge in [-0.25, -0.2) is 0 Å². The number of nitrogens with one attached hydrogen (secondary N) is 1. The van der Waals surface area contributed by atoms with Crippen LogP contribution in [0.15, 0.2) is 78.0 Å². The van der Waals surface area contributed by atoms with Crippen LogP contribution in [0.5, 0.6) is 0 Å². The van der Waals surface area contributed by atoms with E-state index in [1.54, 1.807) is 0 Å². The van der Waals surface area contributed by atoms with Gasteiger partial charge in [-0.05, 0) is 31.1 Å². The van der Waals surface area contributed by atoms with Gasteiger partial charge in [0.1, 0.15) is 0 Å². The van der Waals surface area contributed by atoms with Crippen LogP contribution in [0.3, 0.4) is 0 Å². The molecule has 0 saturated carbocycles. The Balaban J connectivity index is 2.00. The van der Waals surface area contributed by atoms with Crippen molar-refractivity contribution in [3.63, 3.8) is 0 Å². The second-order valence-corrected chi connectivity index (χ2v) is 7.58. The minimum absolute atomic E-state index is 0.0824. The molecule has 0 aromatic heterocycles. The zero-order valence-corrected chi connectivity index (χ0v) is 15.9. The lowest BCUT2D eigenvalue weighted by Gasteiger charge is -2.54. The van der Waals surface area contributed by atoms with Crippen molar-refractivity contribution in [3.05, 3.63) is 89.1 Å². The molecule has 3 heteroatoms. The van der Waals surface area contributed by atoms with Crippen LogP contribution in [0, 0.1) is 17.8 Å². The van der Waals surface area contributed by atoms with Gasteiger partial charge >= 0.3 is 0 Å². The highest BCUT2D eigenvalue weighted by molar-refractivity contribution is 5.72. The summed E-state index contributed by atoms with van der Waals surface area (Å²) in [6.45, 7) is 4.06. The normalized spacial score (nSPS) is 29.7. The van der Waals surface area contributed by atoms with Crippen LogP contribution in [-0.2, 0) is 0 Å². The van der Waals surface area contributed by atoms with Crippen LogP contribution >= 0.6 is 0 Å². The molecule has 2 aliphatic heterocycles. The smallest absolute Gasteiger partial charge is 0.171 e. The Bertz CT molecular complexity index is 970. The van der Waals surface area contributed by atoms with Crippen LogP contribution in [0.2, 0.25) is 0 Å². The lowest BCUT2D eigenvalue weighted by molar-refractivity contribution is -0.0697. The molecule has 0 aliphatic carbocycles. The monoisotopic (exact) mass is 356 g/mol. The maximum atomic E-state index is 11.9. The van der Waals surface area contributed by atoms with Crippen molar-refractivity contribution >= 4 is 5.70 Å². The highest BCUT2D eigenvalue weighted by Gasteiger charge is 2.61. The predicted molar refractivity (Wildman–Crippen MR) is 109 cm³/mol. The molecule has 136 valence electrons. The van der Waals surface area contributed by atoms with Crippen molar-refractivity contribution in [1.82, 2.24) is 10.2 Å². The molecule has 27 heavy (non-hydrogen) atoms. The number of hydrogen-bond donors (Lipinski definition) is 2. The molecule has 2 aromatic carbocycles. The molecule has 0 spiro atoms. The first-order chi connectivity index (χ1) is 12.9. The topological polar surface area (TPSA) is 35.5 Å². The Morgan fingerprint density at radius 3 is 2.26 bits per heavy atom. The fourth-order valence-electron chi connectivity index (χ4n) is 4.81. The number of fused-ring (bicyclic) bond motifs is 1. The first-order valence-corrected chi connectivity index (χ1v) is 9.17. The Kier molecular flexibility index (Phi) is 3.91. The number of terminal acetylenes is 1. The average Bonchev–Trinajstić information content (AvgIpc) is 2.96. The van der Waals surface area contributed by atoms with Gasteiger partial charge in [0.05, 0.1) is 17.2 Å². The van der Waals surface area contributed by atoms with E-state index in [0.29, 0.717) is 5.70 Å². The molecule has 2 aromatic rings. The van der Waals surface area contributed by atoms with E-state index in [-0.39, 0.29) is 6.04 Å². The lowest BCUT2D eigenvalue weighted by Crippen LogP contribution is -2.60. The highest BCUT2D eigenvalue weighted by Crippen LogP contribution is 2.58. The van der Waals surface area contributed by atoms with Crippen molar-refractivity contribution in [1.29, 1.82) is 0 Å². The molecule has 0 amide bonds. The van der Waals surface area contributed by atoms with Crippen LogP contribution in [0.25, 0.3) is 5.70 Å². The summed E-state index contributed by atoms with van der Waals surface area (Å²) in [5, 5.41) is 15.1. The Morgan fingerprint density at radius 1 is 1.07 bits per heavy atom. The maximum Gasteiger partial charge on any atom is 0.171 e. The summed E-state index contributed by atoms with van der Waals surface area (Å²) in [5.41, 5.74) is 2.85. The van der Waals surface area contributed by atoms with E-state index >= 15 is 0 Å². The van der Waals surface area contributed by atoms with Gasteiger partial charge in [0, 0.05) is 18.3 Å². The molecule has 0 radical (unpaired) electrons. The zero-order valence-electron chi connectivity index (χ0n) is 15.9. The Morgan fingerprint density at radius 2 is 1.67 bits per heavy atom. The van der Waals surface area contributed by atoms with E-state index in [9.17, 15) is 5.11 Å². The molecule has 2 N–H and O–H groups in total. The van der Waals surface area contributed by atoms with Crippen LogP contribution in [0.1, 0.15) is 31.0 Å².